The van der Waals surface area contributed by atoms with Crippen LogP contribution in [0.4, 0.5) is 0 Å². The molecular weight excluding hydrogens is 434 g/mol. The molecule has 2 N–H and O–H groups in total. The number of amides is 1. The molecule has 1 aliphatic carbocycles. The number of rotatable bonds is 7. The van der Waals surface area contributed by atoms with Crippen molar-refractivity contribution in [3.63, 3.8) is 0 Å². The Morgan fingerprint density at radius 1 is 1.45 bits per heavy atom. The van der Waals surface area contributed by atoms with Crippen LogP contribution in [-0.2, 0) is 4.74 Å². The summed E-state index contributed by atoms with van der Waals surface area (Å²) in [5, 5.41) is 7.46. The van der Waals surface area contributed by atoms with Crippen LogP contribution in [0.1, 0.15) is 61.4 Å². The van der Waals surface area contributed by atoms with E-state index in [1.807, 2.05) is 25.1 Å². The summed E-state index contributed by atoms with van der Waals surface area (Å²) in [6.45, 7) is 4.90. The minimum Gasteiger partial charge on any atom is -0.493 e. The van der Waals surface area contributed by atoms with Gasteiger partial charge in [-0.2, -0.15) is 5.01 Å². The number of carbonyl (C=O) groups is 1. The fourth-order valence-corrected chi connectivity index (χ4v) is 4.87. The quantitative estimate of drug-likeness (QED) is 0.570. The second-order valence-corrected chi connectivity index (χ2v) is 9.02. The monoisotopic (exact) mass is 465 g/mol. The lowest BCUT2D eigenvalue weighted by molar-refractivity contribution is 0.0970. The van der Waals surface area contributed by atoms with Gasteiger partial charge in [-0.15, -0.1) is 11.3 Å². The van der Waals surface area contributed by atoms with Crippen molar-refractivity contribution in [2.24, 2.45) is 4.99 Å². The molecule has 1 aromatic heterocycles. The number of nitrogens with one attached hydrogen (secondary N) is 2. The third-order valence-electron chi connectivity index (χ3n) is 5.69. The molecule has 0 spiro atoms. The number of ether oxygens (including phenoxy) is 1. The van der Waals surface area contributed by atoms with E-state index in [-0.39, 0.29) is 12.1 Å². The molecule has 0 aromatic carbocycles. The number of aliphatic imine (C=N–C) groups is 1. The van der Waals surface area contributed by atoms with Crippen LogP contribution in [0.15, 0.2) is 63.7 Å². The van der Waals surface area contributed by atoms with Crippen molar-refractivity contribution in [3.05, 3.63) is 69.4 Å². The molecule has 174 valence electrons. The Morgan fingerprint density at radius 3 is 3.15 bits per heavy atom. The minimum atomic E-state index is -0.257. The molecule has 1 unspecified atom stereocenters. The van der Waals surface area contributed by atoms with Gasteiger partial charge in [0, 0.05) is 18.8 Å². The molecule has 4 rings (SSSR count). The van der Waals surface area contributed by atoms with Gasteiger partial charge in [-0.05, 0) is 55.9 Å². The summed E-state index contributed by atoms with van der Waals surface area (Å²) in [4.78, 5) is 22.1. The highest BCUT2D eigenvalue weighted by atomic mass is 32.1. The normalized spacial score (nSPS) is 20.9. The summed E-state index contributed by atoms with van der Waals surface area (Å²) in [5.74, 6) is 1.15. The molecule has 1 amide bonds. The number of carbonyl (C=O) groups excluding carboxylic acids is 1. The van der Waals surface area contributed by atoms with Crippen LogP contribution in [0.2, 0.25) is 0 Å². The van der Waals surface area contributed by atoms with Gasteiger partial charge in [0.25, 0.3) is 5.91 Å². The Bertz CT molecular complexity index is 1080. The molecule has 1 atom stereocenters. The first-order chi connectivity index (χ1) is 16.1. The van der Waals surface area contributed by atoms with Crippen molar-refractivity contribution in [2.45, 2.75) is 52.1 Å². The van der Waals surface area contributed by atoms with Crippen LogP contribution in [0.3, 0.4) is 0 Å². The number of hydrogen-bond donors (Lipinski definition) is 2. The average molecular weight is 466 g/mol. The van der Waals surface area contributed by atoms with E-state index in [2.05, 4.69) is 58.0 Å². The highest BCUT2D eigenvalue weighted by molar-refractivity contribution is 7.11. The fraction of sp³-hybridized carbons (Fsp3) is 0.400. The molecule has 0 bridgehead atoms. The van der Waals surface area contributed by atoms with E-state index < -0.39 is 0 Å². The zero-order valence-corrected chi connectivity index (χ0v) is 20.2. The number of thiazole rings is 1. The standard InChI is InChI=1S/C25H31N5O2S/c1-4-7-17(8-5-2)11-12-22-27-25(29-30(22)3)28-23(31)20-16-33-24(26-20)19-9-6-10-21-18(15-19)13-14-32-21/h4,6-8,10,15-16,22H,5,9,11-14H2,1-3H3,(H2,27,28,29,31)/b7-4-,17-8+. The van der Waals surface area contributed by atoms with Crippen molar-refractivity contribution in [1.29, 1.82) is 0 Å². The maximum atomic E-state index is 12.8. The molecule has 1 aromatic rings. The van der Waals surface area contributed by atoms with Crippen LogP contribution in [0.5, 0.6) is 0 Å². The van der Waals surface area contributed by atoms with Gasteiger partial charge < -0.3 is 4.74 Å². The Morgan fingerprint density at radius 2 is 2.33 bits per heavy atom. The Labute approximate surface area is 199 Å². The van der Waals surface area contributed by atoms with Gasteiger partial charge in [-0.3, -0.25) is 15.5 Å². The molecule has 2 aliphatic heterocycles. The van der Waals surface area contributed by atoms with E-state index >= 15 is 0 Å². The van der Waals surface area contributed by atoms with E-state index in [9.17, 15) is 4.79 Å². The maximum Gasteiger partial charge on any atom is 0.277 e. The van der Waals surface area contributed by atoms with Gasteiger partial charge in [0.05, 0.1) is 6.61 Å². The Balaban J connectivity index is 1.38. The molecule has 3 heterocycles. The molecular formula is C25H31N5O2S. The zero-order chi connectivity index (χ0) is 23.2. The van der Waals surface area contributed by atoms with Gasteiger partial charge >= 0.3 is 0 Å². The molecule has 7 nitrogen and oxygen atoms in total. The highest BCUT2D eigenvalue weighted by Crippen LogP contribution is 2.32. The SMILES string of the molecule is C/C=C\C(=C/CC)CCC1N=C(NC(=O)c2csc(C3=CC4=C(C=CC3)OCC4)n2)NN1C. The van der Waals surface area contributed by atoms with Crippen molar-refractivity contribution in [3.8, 4) is 0 Å². The van der Waals surface area contributed by atoms with E-state index in [1.54, 1.807) is 5.38 Å². The number of hydrazine groups is 1. The Hall–Kier alpha value is -2.97. The second-order valence-electron chi connectivity index (χ2n) is 8.16. The van der Waals surface area contributed by atoms with Crippen molar-refractivity contribution in [1.82, 2.24) is 20.7 Å². The third-order valence-corrected chi connectivity index (χ3v) is 6.61. The van der Waals surface area contributed by atoms with E-state index in [4.69, 9.17) is 4.74 Å². The first kappa shape index (κ1) is 23.2. The summed E-state index contributed by atoms with van der Waals surface area (Å²) in [7, 11) is 1.94. The van der Waals surface area contributed by atoms with Crippen molar-refractivity contribution in [2.75, 3.05) is 13.7 Å². The number of allylic oxidation sites excluding steroid dienone is 8. The molecule has 8 heteroatoms. The minimum absolute atomic E-state index is 0.0316. The van der Waals surface area contributed by atoms with Gasteiger partial charge in [0.15, 0.2) is 0 Å². The van der Waals surface area contributed by atoms with E-state index in [0.29, 0.717) is 11.7 Å². The number of hydrogen-bond acceptors (Lipinski definition) is 7. The predicted molar refractivity (Wildman–Crippen MR) is 133 cm³/mol. The summed E-state index contributed by atoms with van der Waals surface area (Å²) in [5.41, 5.74) is 7.17. The molecule has 0 fully saturated rings. The first-order valence-electron chi connectivity index (χ1n) is 11.5. The van der Waals surface area contributed by atoms with Gasteiger partial charge in [0.1, 0.15) is 22.6 Å². The van der Waals surface area contributed by atoms with Crippen LogP contribution < -0.4 is 10.7 Å². The fourth-order valence-electron chi connectivity index (χ4n) is 4.04. The largest absolute Gasteiger partial charge is 0.493 e. The zero-order valence-electron chi connectivity index (χ0n) is 19.4. The summed E-state index contributed by atoms with van der Waals surface area (Å²) >= 11 is 1.49. The smallest absolute Gasteiger partial charge is 0.277 e. The van der Waals surface area contributed by atoms with Gasteiger partial charge in [-0.25, -0.2) is 9.98 Å². The summed E-state index contributed by atoms with van der Waals surface area (Å²) < 4.78 is 5.65. The van der Waals surface area contributed by atoms with Crippen molar-refractivity contribution < 1.29 is 9.53 Å². The second kappa shape index (κ2) is 10.8. The summed E-state index contributed by atoms with van der Waals surface area (Å²) in [6, 6.07) is 0. The van der Waals surface area contributed by atoms with Crippen LogP contribution in [-0.4, -0.2) is 41.7 Å². The molecule has 0 saturated carbocycles. The maximum absolute atomic E-state index is 12.8. The molecule has 0 saturated heterocycles. The highest BCUT2D eigenvalue weighted by Gasteiger charge is 2.25. The van der Waals surface area contributed by atoms with Crippen LogP contribution >= 0.6 is 11.3 Å². The van der Waals surface area contributed by atoms with Crippen LogP contribution in [0.25, 0.3) is 5.57 Å². The lowest BCUT2D eigenvalue weighted by Gasteiger charge is -2.17. The topological polar surface area (TPSA) is 78.8 Å². The van der Waals surface area contributed by atoms with Gasteiger partial charge in [-0.1, -0.05) is 36.8 Å². The van der Waals surface area contributed by atoms with Crippen molar-refractivity contribution >= 4 is 28.8 Å². The lowest BCUT2D eigenvalue weighted by Crippen LogP contribution is -2.44. The number of guanidine groups is 1. The molecule has 33 heavy (non-hydrogen) atoms. The van der Waals surface area contributed by atoms with E-state index in [0.717, 1.165) is 55.1 Å². The third kappa shape index (κ3) is 5.69. The lowest BCUT2D eigenvalue weighted by atomic mass is 10.1. The molecule has 0 radical (unpaired) electrons. The van der Waals surface area contributed by atoms with Gasteiger partial charge in [0.2, 0.25) is 5.96 Å². The van der Waals surface area contributed by atoms with E-state index in [1.165, 1.54) is 22.5 Å². The van der Waals surface area contributed by atoms with Crippen LogP contribution in [0, 0.1) is 0 Å². The molecule has 3 aliphatic rings. The number of nitrogens with zero attached hydrogens (tertiary/aromatic N) is 3. The predicted octanol–water partition coefficient (Wildman–Crippen LogP) is 4.72. The average Bonchev–Trinajstić information content (AvgIpc) is 3.50. The first-order valence-corrected chi connectivity index (χ1v) is 12.3. The number of aromatic nitrogens is 1. The Kier molecular flexibility index (Phi) is 7.57. The summed E-state index contributed by atoms with van der Waals surface area (Å²) in [6.07, 6.45) is 17.2.